The van der Waals surface area contributed by atoms with Crippen molar-refractivity contribution in [2.24, 2.45) is 0 Å². The number of rotatable bonds is 9. The summed E-state index contributed by atoms with van der Waals surface area (Å²) >= 11 is 0. The van der Waals surface area contributed by atoms with Crippen LogP contribution in [-0.2, 0) is 10.8 Å². The lowest BCUT2D eigenvalue weighted by atomic mass is 10.2. The van der Waals surface area contributed by atoms with Gasteiger partial charge in [0.05, 0.1) is 26.5 Å². The Morgan fingerprint density at radius 1 is 1.09 bits per heavy atom. The number of anilines is 1. The summed E-state index contributed by atoms with van der Waals surface area (Å²) in [6.07, 6.45) is 2.13. The van der Waals surface area contributed by atoms with Crippen molar-refractivity contribution in [2.45, 2.75) is 28.9 Å². The summed E-state index contributed by atoms with van der Waals surface area (Å²) in [6.45, 7) is 0.878. The zero-order valence-corrected chi connectivity index (χ0v) is 20.2. The Balaban J connectivity index is 1.59. The Labute approximate surface area is 205 Å². The smallest absolute Gasteiger partial charge is 0.407 e. The van der Waals surface area contributed by atoms with E-state index in [1.165, 1.54) is 11.1 Å². The van der Waals surface area contributed by atoms with Crippen LogP contribution in [0, 0.1) is 0 Å². The molecule has 0 spiro atoms. The molecule has 0 aliphatic carbocycles. The summed E-state index contributed by atoms with van der Waals surface area (Å²) < 4.78 is 29.5. The average Bonchev–Trinajstić information content (AvgIpc) is 3.37. The second-order valence-electron chi connectivity index (χ2n) is 7.75. The molecule has 11 heteroatoms. The standard InChI is InChI=1S/C24H26N4O6S/c1-32-17-5-7-19(8-6-17)34-22-21(25-14-16-4-3-13-28(16)24(29)30)15-26-23(27-22)35(31)20-11-9-18(33-2)10-12-20/h5-12,15-16,25H,3-4,13-14H2,1-2H3,(H,29,30)/t16-,35?/m0/s1. The van der Waals surface area contributed by atoms with Crippen LogP contribution in [0.25, 0.3) is 0 Å². The average molecular weight is 499 g/mol. The number of carbonyl (C=O) groups is 1. The number of methoxy groups -OCH3 is 2. The molecule has 0 bridgehead atoms. The molecule has 2 N–H and O–H groups in total. The molecule has 1 amide bonds. The van der Waals surface area contributed by atoms with Crippen molar-refractivity contribution in [3.05, 3.63) is 54.7 Å². The highest BCUT2D eigenvalue weighted by Crippen LogP contribution is 2.30. The molecule has 1 fully saturated rings. The topological polar surface area (TPSA) is 123 Å². The summed E-state index contributed by atoms with van der Waals surface area (Å²) in [5.41, 5.74) is 0.466. The van der Waals surface area contributed by atoms with Crippen molar-refractivity contribution >= 4 is 22.6 Å². The number of hydrogen-bond acceptors (Lipinski definition) is 8. The van der Waals surface area contributed by atoms with Crippen LogP contribution in [0.3, 0.4) is 0 Å². The van der Waals surface area contributed by atoms with Gasteiger partial charge in [0, 0.05) is 18.0 Å². The number of nitrogens with one attached hydrogen (secondary N) is 1. The Morgan fingerprint density at radius 3 is 2.34 bits per heavy atom. The van der Waals surface area contributed by atoms with Crippen LogP contribution >= 0.6 is 0 Å². The van der Waals surface area contributed by atoms with Crippen LogP contribution in [0.15, 0.2) is 64.8 Å². The van der Waals surface area contributed by atoms with Gasteiger partial charge in [-0.05, 0) is 61.4 Å². The highest BCUT2D eigenvalue weighted by atomic mass is 32.2. The zero-order chi connectivity index (χ0) is 24.8. The molecule has 2 atom stereocenters. The normalized spacial score (nSPS) is 15.9. The van der Waals surface area contributed by atoms with E-state index in [1.807, 2.05) is 0 Å². The van der Waals surface area contributed by atoms with Gasteiger partial charge in [0.15, 0.2) is 0 Å². The van der Waals surface area contributed by atoms with E-state index < -0.39 is 16.9 Å². The minimum atomic E-state index is -1.65. The fourth-order valence-electron chi connectivity index (χ4n) is 3.73. The van der Waals surface area contributed by atoms with Gasteiger partial charge in [0.1, 0.15) is 33.7 Å². The Kier molecular flexibility index (Phi) is 7.66. The highest BCUT2D eigenvalue weighted by Gasteiger charge is 2.28. The molecule has 1 aliphatic rings. The first-order valence-corrected chi connectivity index (χ1v) is 12.1. The fourth-order valence-corrected chi connectivity index (χ4v) is 4.64. The summed E-state index contributed by atoms with van der Waals surface area (Å²) in [6, 6.07) is 13.6. The van der Waals surface area contributed by atoms with Crippen molar-refractivity contribution in [1.82, 2.24) is 14.9 Å². The highest BCUT2D eigenvalue weighted by molar-refractivity contribution is 7.84. The lowest BCUT2D eigenvalue weighted by Crippen LogP contribution is -2.38. The maximum Gasteiger partial charge on any atom is 0.407 e. The van der Waals surface area contributed by atoms with Crippen LogP contribution in [0.5, 0.6) is 23.1 Å². The quantitative estimate of drug-likeness (QED) is 0.421. The molecule has 1 aliphatic heterocycles. The molecule has 10 nitrogen and oxygen atoms in total. The van der Waals surface area contributed by atoms with Gasteiger partial charge in [-0.15, -0.1) is 0 Å². The summed E-state index contributed by atoms with van der Waals surface area (Å²) in [7, 11) is 1.49. The second kappa shape index (κ2) is 11.0. The predicted octanol–water partition coefficient (Wildman–Crippen LogP) is 4.01. The monoisotopic (exact) mass is 498 g/mol. The first-order valence-electron chi connectivity index (χ1n) is 11.0. The van der Waals surface area contributed by atoms with Crippen molar-refractivity contribution in [2.75, 3.05) is 32.6 Å². The van der Waals surface area contributed by atoms with Gasteiger partial charge in [-0.2, -0.15) is 4.98 Å². The van der Waals surface area contributed by atoms with E-state index in [0.717, 1.165) is 12.8 Å². The van der Waals surface area contributed by atoms with Crippen molar-refractivity contribution in [1.29, 1.82) is 0 Å². The summed E-state index contributed by atoms with van der Waals surface area (Å²) in [5.74, 6) is 2.01. The van der Waals surface area contributed by atoms with Crippen molar-refractivity contribution in [3.63, 3.8) is 0 Å². The molecule has 2 heterocycles. The van der Waals surface area contributed by atoms with Crippen LogP contribution in [0.4, 0.5) is 10.5 Å². The largest absolute Gasteiger partial charge is 0.497 e. The molecule has 0 saturated carbocycles. The third-order valence-corrected chi connectivity index (χ3v) is 6.82. The van der Waals surface area contributed by atoms with E-state index >= 15 is 0 Å². The van der Waals surface area contributed by atoms with Crippen LogP contribution in [0.2, 0.25) is 0 Å². The molecular weight excluding hydrogens is 472 g/mol. The maximum absolute atomic E-state index is 13.1. The molecule has 1 aromatic heterocycles. The Hall–Kier alpha value is -3.86. The SMILES string of the molecule is COc1ccc(Oc2nc(S(=O)c3ccc(OC)cc3)ncc2NC[C@@H]2CCCN2C(=O)O)cc1. The first kappa shape index (κ1) is 24.3. The van der Waals surface area contributed by atoms with E-state index in [4.69, 9.17) is 14.2 Å². The molecule has 1 unspecified atom stereocenters. The molecule has 2 aromatic carbocycles. The Bertz CT molecular complexity index is 1190. The van der Waals surface area contributed by atoms with Crippen molar-refractivity contribution in [3.8, 4) is 23.1 Å². The minimum absolute atomic E-state index is 0.0808. The predicted molar refractivity (Wildman–Crippen MR) is 129 cm³/mol. The van der Waals surface area contributed by atoms with E-state index in [2.05, 4.69) is 15.3 Å². The number of likely N-dealkylation sites (tertiary alicyclic amines) is 1. The number of carboxylic acid groups (broad SMARTS) is 1. The molecule has 4 rings (SSSR count). The van der Waals surface area contributed by atoms with Gasteiger partial charge in [0.25, 0.3) is 0 Å². The zero-order valence-electron chi connectivity index (χ0n) is 19.3. The summed E-state index contributed by atoms with van der Waals surface area (Å²) in [4.78, 5) is 22.1. The maximum atomic E-state index is 13.1. The molecule has 184 valence electrons. The molecule has 1 saturated heterocycles. The van der Waals surface area contributed by atoms with Gasteiger partial charge < -0.3 is 29.5 Å². The van der Waals surface area contributed by atoms with Crippen LogP contribution in [0.1, 0.15) is 12.8 Å². The summed E-state index contributed by atoms with van der Waals surface area (Å²) in [5, 5.41) is 12.7. The number of nitrogens with zero attached hydrogens (tertiary/aromatic N) is 3. The molecule has 0 radical (unpaired) electrons. The van der Waals surface area contributed by atoms with Crippen LogP contribution in [-0.4, -0.2) is 63.6 Å². The third kappa shape index (κ3) is 5.80. The van der Waals surface area contributed by atoms with Gasteiger partial charge in [-0.3, -0.25) is 0 Å². The van der Waals surface area contributed by atoms with E-state index in [0.29, 0.717) is 40.9 Å². The molecular formula is C24H26N4O6S. The van der Waals surface area contributed by atoms with Gasteiger partial charge >= 0.3 is 6.09 Å². The fraction of sp³-hybridized carbons (Fsp3) is 0.292. The molecule has 3 aromatic rings. The Morgan fingerprint density at radius 2 is 1.71 bits per heavy atom. The number of ether oxygens (including phenoxy) is 3. The third-order valence-electron chi connectivity index (χ3n) is 5.60. The van der Waals surface area contributed by atoms with Gasteiger partial charge in [0.2, 0.25) is 11.0 Å². The minimum Gasteiger partial charge on any atom is -0.497 e. The van der Waals surface area contributed by atoms with Crippen LogP contribution < -0.4 is 19.5 Å². The second-order valence-corrected chi connectivity index (χ2v) is 9.12. The van der Waals surface area contributed by atoms with Gasteiger partial charge in [-0.1, -0.05) is 0 Å². The van der Waals surface area contributed by atoms with Gasteiger partial charge in [-0.25, -0.2) is 14.0 Å². The van der Waals surface area contributed by atoms with E-state index in [-0.39, 0.29) is 17.1 Å². The van der Waals surface area contributed by atoms with E-state index in [1.54, 1.807) is 62.8 Å². The number of benzene rings is 2. The number of amides is 1. The number of hydrogen-bond donors (Lipinski definition) is 2. The number of aromatic nitrogens is 2. The molecule has 35 heavy (non-hydrogen) atoms. The lowest BCUT2D eigenvalue weighted by Gasteiger charge is -2.22. The first-order chi connectivity index (χ1) is 17.0. The van der Waals surface area contributed by atoms with E-state index in [9.17, 15) is 14.1 Å². The van der Waals surface area contributed by atoms with Crippen molar-refractivity contribution < 1.29 is 28.3 Å². The lowest BCUT2D eigenvalue weighted by molar-refractivity contribution is 0.142.